The molecule has 0 aliphatic heterocycles. The zero-order chi connectivity index (χ0) is 13.8. The summed E-state index contributed by atoms with van der Waals surface area (Å²) in [6.45, 7) is 2.28. The Morgan fingerprint density at radius 3 is 3.00 bits per heavy atom. The maximum absolute atomic E-state index is 13.5. The fourth-order valence-corrected chi connectivity index (χ4v) is 2.69. The van der Waals surface area contributed by atoms with E-state index in [4.69, 9.17) is 0 Å². The van der Waals surface area contributed by atoms with Gasteiger partial charge in [-0.25, -0.2) is 9.37 Å². The van der Waals surface area contributed by atoms with Crippen LogP contribution in [0.25, 0.3) is 0 Å². The molecule has 6 heteroatoms. The first-order valence-electron chi connectivity index (χ1n) is 5.66. The predicted molar refractivity (Wildman–Crippen MR) is 76.5 cm³/mol. The number of nitrogens with zero attached hydrogens (tertiary/aromatic N) is 1. The Kier molecular flexibility index (Phi) is 4.66. The van der Waals surface area contributed by atoms with E-state index in [1.165, 1.54) is 17.4 Å². The Bertz CT molecular complexity index is 600. The first-order valence-corrected chi connectivity index (χ1v) is 7.33. The molecule has 1 aromatic carbocycles. The van der Waals surface area contributed by atoms with E-state index in [0.29, 0.717) is 12.1 Å². The van der Waals surface area contributed by atoms with Crippen molar-refractivity contribution in [3.63, 3.8) is 0 Å². The van der Waals surface area contributed by atoms with Gasteiger partial charge in [-0.15, -0.1) is 11.3 Å². The molecule has 0 unspecified atom stereocenters. The van der Waals surface area contributed by atoms with E-state index in [1.807, 2.05) is 12.3 Å². The Balaban J connectivity index is 1.92. The summed E-state index contributed by atoms with van der Waals surface area (Å²) in [5.74, 6) is -0.590. The molecular formula is C13H12BrFN2OS. The third-order valence-corrected chi connectivity index (χ3v) is 3.92. The smallest absolute Gasteiger partial charge is 0.224 e. The van der Waals surface area contributed by atoms with Crippen molar-refractivity contribution < 1.29 is 9.18 Å². The summed E-state index contributed by atoms with van der Waals surface area (Å²) in [5.41, 5.74) is 1.31. The van der Waals surface area contributed by atoms with Gasteiger partial charge in [0.25, 0.3) is 0 Å². The molecule has 0 spiro atoms. The van der Waals surface area contributed by atoms with Crippen LogP contribution in [0.4, 0.5) is 4.39 Å². The summed E-state index contributed by atoms with van der Waals surface area (Å²) < 4.78 is 14.2. The second-order valence-electron chi connectivity index (χ2n) is 4.07. The topological polar surface area (TPSA) is 42.0 Å². The number of hydrogen-bond donors (Lipinski definition) is 1. The molecule has 0 fully saturated rings. The van der Waals surface area contributed by atoms with Gasteiger partial charge in [0.15, 0.2) is 0 Å². The Labute approximate surface area is 123 Å². The molecule has 3 nitrogen and oxygen atoms in total. The zero-order valence-corrected chi connectivity index (χ0v) is 12.6. The molecule has 19 heavy (non-hydrogen) atoms. The lowest BCUT2D eigenvalue weighted by Crippen LogP contribution is -2.24. The molecule has 0 atom stereocenters. The minimum Gasteiger partial charge on any atom is -0.349 e. The van der Waals surface area contributed by atoms with Gasteiger partial charge in [-0.2, -0.15) is 0 Å². The molecule has 100 valence electrons. The number of rotatable bonds is 4. The average molecular weight is 343 g/mol. The molecule has 0 aliphatic carbocycles. The lowest BCUT2D eigenvalue weighted by Gasteiger charge is -2.05. The highest BCUT2D eigenvalue weighted by Gasteiger charge is 2.09. The quantitative estimate of drug-likeness (QED) is 0.926. The fourth-order valence-electron chi connectivity index (χ4n) is 1.57. The van der Waals surface area contributed by atoms with Gasteiger partial charge < -0.3 is 5.32 Å². The maximum atomic E-state index is 13.5. The van der Waals surface area contributed by atoms with Gasteiger partial charge in [-0.05, 0) is 30.7 Å². The molecule has 1 aromatic heterocycles. The summed E-state index contributed by atoms with van der Waals surface area (Å²) in [4.78, 5) is 16.0. The number of carbonyl (C=O) groups excluding carboxylic acids is 1. The largest absolute Gasteiger partial charge is 0.349 e. The zero-order valence-electron chi connectivity index (χ0n) is 10.2. The number of thiazole rings is 1. The lowest BCUT2D eigenvalue weighted by molar-refractivity contribution is -0.120. The van der Waals surface area contributed by atoms with Crippen LogP contribution in [0.5, 0.6) is 0 Å². The molecule has 1 heterocycles. The van der Waals surface area contributed by atoms with Gasteiger partial charge in [0.2, 0.25) is 5.91 Å². The van der Waals surface area contributed by atoms with Crippen LogP contribution >= 0.6 is 27.3 Å². The molecule has 0 radical (unpaired) electrons. The van der Waals surface area contributed by atoms with Crippen molar-refractivity contribution in [2.45, 2.75) is 19.9 Å². The second kappa shape index (κ2) is 6.25. The van der Waals surface area contributed by atoms with Crippen molar-refractivity contribution in [3.8, 4) is 0 Å². The SMILES string of the molecule is Cc1csc(CNC(=O)Cc2cc(Br)ccc2F)n1. The predicted octanol–water partition coefficient (Wildman–Crippen LogP) is 3.21. The minimum atomic E-state index is -0.372. The van der Waals surface area contributed by atoms with Gasteiger partial charge in [-0.3, -0.25) is 4.79 Å². The highest BCUT2D eigenvalue weighted by Crippen LogP contribution is 2.16. The van der Waals surface area contributed by atoms with Crippen LogP contribution in [-0.4, -0.2) is 10.9 Å². The van der Waals surface area contributed by atoms with Crippen molar-refractivity contribution in [2.24, 2.45) is 0 Å². The van der Waals surface area contributed by atoms with Crippen molar-refractivity contribution in [2.75, 3.05) is 0 Å². The van der Waals surface area contributed by atoms with E-state index in [0.717, 1.165) is 15.2 Å². The fraction of sp³-hybridized carbons (Fsp3) is 0.231. The van der Waals surface area contributed by atoms with Crippen LogP contribution in [-0.2, 0) is 17.8 Å². The van der Waals surface area contributed by atoms with Crippen LogP contribution in [0.3, 0.4) is 0 Å². The van der Waals surface area contributed by atoms with Gasteiger partial charge in [0, 0.05) is 15.5 Å². The van der Waals surface area contributed by atoms with Crippen molar-refractivity contribution in [1.82, 2.24) is 10.3 Å². The van der Waals surface area contributed by atoms with E-state index in [-0.39, 0.29) is 18.1 Å². The monoisotopic (exact) mass is 342 g/mol. The van der Waals surface area contributed by atoms with E-state index in [1.54, 1.807) is 12.1 Å². The molecule has 0 saturated carbocycles. The molecule has 2 rings (SSSR count). The first kappa shape index (κ1) is 14.1. The van der Waals surface area contributed by atoms with E-state index in [9.17, 15) is 9.18 Å². The van der Waals surface area contributed by atoms with Gasteiger partial charge >= 0.3 is 0 Å². The van der Waals surface area contributed by atoms with Crippen LogP contribution in [0, 0.1) is 12.7 Å². The van der Waals surface area contributed by atoms with Gasteiger partial charge in [0.05, 0.1) is 13.0 Å². The number of halogens is 2. The Hall–Kier alpha value is -1.27. The molecule has 1 amide bonds. The summed E-state index contributed by atoms with van der Waals surface area (Å²) in [6.07, 6.45) is 0.0234. The van der Waals surface area contributed by atoms with Crippen molar-refractivity contribution in [3.05, 3.63) is 50.1 Å². The molecule has 0 aliphatic rings. The highest BCUT2D eigenvalue weighted by atomic mass is 79.9. The maximum Gasteiger partial charge on any atom is 0.224 e. The Morgan fingerprint density at radius 2 is 2.32 bits per heavy atom. The summed E-state index contributed by atoms with van der Waals surface area (Å²) in [7, 11) is 0. The van der Waals surface area contributed by atoms with Crippen LogP contribution in [0.2, 0.25) is 0 Å². The van der Waals surface area contributed by atoms with Crippen LogP contribution in [0.1, 0.15) is 16.3 Å². The van der Waals surface area contributed by atoms with Crippen molar-refractivity contribution in [1.29, 1.82) is 0 Å². The summed E-state index contributed by atoms with van der Waals surface area (Å²) in [5, 5.41) is 5.51. The number of aromatic nitrogens is 1. The number of aryl methyl sites for hydroxylation is 1. The van der Waals surface area contributed by atoms with Gasteiger partial charge in [0.1, 0.15) is 10.8 Å². The number of hydrogen-bond acceptors (Lipinski definition) is 3. The first-order chi connectivity index (χ1) is 9.04. The lowest BCUT2D eigenvalue weighted by atomic mass is 10.1. The third-order valence-electron chi connectivity index (χ3n) is 2.46. The van der Waals surface area contributed by atoms with E-state index < -0.39 is 0 Å². The van der Waals surface area contributed by atoms with Crippen molar-refractivity contribution >= 4 is 33.2 Å². The number of amides is 1. The molecular weight excluding hydrogens is 331 g/mol. The molecule has 0 saturated heterocycles. The van der Waals surface area contributed by atoms with Crippen LogP contribution < -0.4 is 5.32 Å². The average Bonchev–Trinajstić information content (AvgIpc) is 2.77. The standard InChI is InChI=1S/C13H12BrFN2OS/c1-8-7-19-13(17-8)6-16-12(18)5-9-4-10(14)2-3-11(9)15/h2-4,7H,5-6H2,1H3,(H,16,18). The molecule has 2 aromatic rings. The third kappa shape index (κ3) is 4.11. The number of carbonyl (C=O) groups is 1. The normalized spacial score (nSPS) is 10.5. The van der Waals surface area contributed by atoms with Crippen LogP contribution in [0.15, 0.2) is 28.1 Å². The van der Waals surface area contributed by atoms with E-state index in [2.05, 4.69) is 26.2 Å². The summed E-state index contributed by atoms with van der Waals surface area (Å²) >= 11 is 4.75. The summed E-state index contributed by atoms with van der Waals surface area (Å²) in [6, 6.07) is 4.56. The van der Waals surface area contributed by atoms with E-state index >= 15 is 0 Å². The number of benzene rings is 1. The van der Waals surface area contributed by atoms with Gasteiger partial charge in [-0.1, -0.05) is 15.9 Å². The second-order valence-corrected chi connectivity index (χ2v) is 5.93. The highest BCUT2D eigenvalue weighted by molar-refractivity contribution is 9.10. The molecule has 1 N–H and O–H groups in total. The Morgan fingerprint density at radius 1 is 1.53 bits per heavy atom. The number of nitrogens with one attached hydrogen (secondary N) is 1. The molecule has 0 bridgehead atoms. The minimum absolute atomic E-state index is 0.0234.